The van der Waals surface area contributed by atoms with Gasteiger partial charge in [0, 0.05) is 18.4 Å². The van der Waals surface area contributed by atoms with Gasteiger partial charge in [0.1, 0.15) is 5.82 Å². The average molecular weight is 259 g/mol. The van der Waals surface area contributed by atoms with E-state index in [1.54, 1.807) is 0 Å². The summed E-state index contributed by atoms with van der Waals surface area (Å²) in [4.78, 5) is 15.3. The molecule has 0 radical (unpaired) electrons. The van der Waals surface area contributed by atoms with Crippen molar-refractivity contribution in [3.63, 3.8) is 0 Å². The zero-order chi connectivity index (χ0) is 13.7. The zero-order valence-electron chi connectivity index (χ0n) is 10.3. The number of halogens is 1. The highest BCUT2D eigenvalue weighted by molar-refractivity contribution is 5.93. The van der Waals surface area contributed by atoms with Crippen LogP contribution in [0.2, 0.25) is 0 Å². The Morgan fingerprint density at radius 1 is 1.26 bits per heavy atom. The predicted octanol–water partition coefficient (Wildman–Crippen LogP) is 1.78. The SMILES string of the molecule is Nc1ccc(CCNC(=O)c2cncc(F)c2)cc1. The molecule has 1 aromatic carbocycles. The second-order valence-corrected chi connectivity index (χ2v) is 4.14. The van der Waals surface area contributed by atoms with Gasteiger partial charge in [0.2, 0.25) is 0 Å². The average Bonchev–Trinajstić information content (AvgIpc) is 2.41. The molecular formula is C14H14FN3O. The summed E-state index contributed by atoms with van der Waals surface area (Å²) >= 11 is 0. The van der Waals surface area contributed by atoms with Crippen molar-refractivity contribution in [2.45, 2.75) is 6.42 Å². The van der Waals surface area contributed by atoms with Gasteiger partial charge in [0.15, 0.2) is 0 Å². The summed E-state index contributed by atoms with van der Waals surface area (Å²) in [5.74, 6) is -0.853. The predicted molar refractivity (Wildman–Crippen MR) is 71.1 cm³/mol. The monoisotopic (exact) mass is 259 g/mol. The first-order valence-electron chi connectivity index (χ1n) is 5.88. The van der Waals surface area contributed by atoms with Crippen molar-refractivity contribution in [3.05, 3.63) is 59.7 Å². The van der Waals surface area contributed by atoms with Gasteiger partial charge in [-0.05, 0) is 30.2 Å². The van der Waals surface area contributed by atoms with Crippen LogP contribution in [0.1, 0.15) is 15.9 Å². The molecule has 0 bridgehead atoms. The van der Waals surface area contributed by atoms with Gasteiger partial charge in [-0.15, -0.1) is 0 Å². The van der Waals surface area contributed by atoms with Gasteiger partial charge >= 0.3 is 0 Å². The van der Waals surface area contributed by atoms with Gasteiger partial charge in [-0.1, -0.05) is 12.1 Å². The van der Waals surface area contributed by atoms with Crippen LogP contribution in [-0.2, 0) is 6.42 Å². The number of aromatic nitrogens is 1. The van der Waals surface area contributed by atoms with Gasteiger partial charge < -0.3 is 11.1 Å². The molecule has 0 saturated carbocycles. The molecular weight excluding hydrogens is 245 g/mol. The van der Waals surface area contributed by atoms with Crippen LogP contribution in [0.4, 0.5) is 10.1 Å². The van der Waals surface area contributed by atoms with E-state index in [2.05, 4.69) is 10.3 Å². The first-order chi connectivity index (χ1) is 9.15. The number of nitrogens with two attached hydrogens (primary N) is 1. The summed E-state index contributed by atoms with van der Waals surface area (Å²) in [6, 6.07) is 8.60. The number of nitrogens with zero attached hydrogens (tertiary/aromatic N) is 1. The third-order valence-corrected chi connectivity index (χ3v) is 2.65. The van der Waals surface area contributed by atoms with Crippen LogP contribution >= 0.6 is 0 Å². The maximum atomic E-state index is 12.9. The Labute approximate surface area is 110 Å². The van der Waals surface area contributed by atoms with E-state index < -0.39 is 5.82 Å². The molecule has 5 heteroatoms. The van der Waals surface area contributed by atoms with Gasteiger partial charge in [-0.3, -0.25) is 9.78 Å². The Kier molecular flexibility index (Phi) is 4.07. The number of nitrogen functional groups attached to an aromatic ring is 1. The molecule has 0 spiro atoms. The fourth-order valence-electron chi connectivity index (χ4n) is 1.64. The molecule has 1 heterocycles. The highest BCUT2D eigenvalue weighted by atomic mass is 19.1. The lowest BCUT2D eigenvalue weighted by Gasteiger charge is -2.05. The molecule has 0 unspecified atom stereocenters. The molecule has 98 valence electrons. The lowest BCUT2D eigenvalue weighted by molar-refractivity contribution is 0.0953. The van der Waals surface area contributed by atoms with Gasteiger partial charge in [0.05, 0.1) is 11.8 Å². The third kappa shape index (κ3) is 3.77. The molecule has 2 rings (SSSR count). The number of benzene rings is 1. The van der Waals surface area contributed by atoms with Crippen molar-refractivity contribution < 1.29 is 9.18 Å². The number of amides is 1. The fraction of sp³-hybridized carbons (Fsp3) is 0.143. The maximum Gasteiger partial charge on any atom is 0.252 e. The lowest BCUT2D eigenvalue weighted by atomic mass is 10.1. The van der Waals surface area contributed by atoms with Gasteiger partial charge in [0.25, 0.3) is 5.91 Å². The van der Waals surface area contributed by atoms with Crippen molar-refractivity contribution in [2.75, 3.05) is 12.3 Å². The van der Waals surface area contributed by atoms with E-state index in [1.807, 2.05) is 24.3 Å². The summed E-state index contributed by atoms with van der Waals surface area (Å²) in [5.41, 5.74) is 7.58. The van der Waals surface area contributed by atoms with Crippen LogP contribution in [-0.4, -0.2) is 17.4 Å². The quantitative estimate of drug-likeness (QED) is 0.822. The molecule has 2 aromatic rings. The Morgan fingerprint density at radius 3 is 2.68 bits per heavy atom. The highest BCUT2D eigenvalue weighted by Crippen LogP contribution is 2.06. The van der Waals surface area contributed by atoms with Crippen molar-refractivity contribution in [3.8, 4) is 0 Å². The largest absolute Gasteiger partial charge is 0.399 e. The molecule has 0 atom stereocenters. The summed E-state index contributed by atoms with van der Waals surface area (Å²) in [6.45, 7) is 0.471. The molecule has 0 aliphatic heterocycles. The minimum atomic E-state index is -0.522. The Hall–Kier alpha value is -2.43. The Morgan fingerprint density at radius 2 is 2.00 bits per heavy atom. The third-order valence-electron chi connectivity index (χ3n) is 2.65. The molecule has 0 aliphatic rings. The number of carbonyl (C=O) groups is 1. The summed E-state index contributed by atoms with van der Waals surface area (Å²) in [5, 5.41) is 2.71. The molecule has 1 aromatic heterocycles. The second kappa shape index (κ2) is 5.95. The van der Waals surface area contributed by atoms with E-state index in [0.717, 1.165) is 17.8 Å². The first-order valence-corrected chi connectivity index (χ1v) is 5.88. The minimum absolute atomic E-state index is 0.220. The number of rotatable bonds is 4. The van der Waals surface area contributed by atoms with Crippen LogP contribution in [0.15, 0.2) is 42.7 Å². The van der Waals surface area contributed by atoms with E-state index in [9.17, 15) is 9.18 Å². The van der Waals surface area contributed by atoms with E-state index in [4.69, 9.17) is 5.73 Å². The van der Waals surface area contributed by atoms with Crippen molar-refractivity contribution in [1.29, 1.82) is 0 Å². The van der Waals surface area contributed by atoms with Crippen LogP contribution in [0.25, 0.3) is 0 Å². The zero-order valence-corrected chi connectivity index (χ0v) is 10.3. The molecule has 3 N–H and O–H groups in total. The van der Waals surface area contributed by atoms with Crippen LogP contribution < -0.4 is 11.1 Å². The number of carbonyl (C=O) groups excluding carboxylic acids is 1. The molecule has 19 heavy (non-hydrogen) atoms. The van der Waals surface area contributed by atoms with E-state index in [1.165, 1.54) is 6.20 Å². The summed E-state index contributed by atoms with van der Waals surface area (Å²) in [7, 11) is 0. The van der Waals surface area contributed by atoms with E-state index >= 15 is 0 Å². The van der Waals surface area contributed by atoms with Crippen LogP contribution in [0, 0.1) is 5.82 Å². The van der Waals surface area contributed by atoms with Crippen LogP contribution in [0.5, 0.6) is 0 Å². The minimum Gasteiger partial charge on any atom is -0.399 e. The van der Waals surface area contributed by atoms with E-state index in [0.29, 0.717) is 18.7 Å². The molecule has 0 fully saturated rings. The van der Waals surface area contributed by atoms with Gasteiger partial charge in [-0.2, -0.15) is 0 Å². The number of pyridine rings is 1. The van der Waals surface area contributed by atoms with Crippen molar-refractivity contribution in [1.82, 2.24) is 10.3 Å². The van der Waals surface area contributed by atoms with Crippen molar-refractivity contribution in [2.24, 2.45) is 0 Å². The molecule has 4 nitrogen and oxygen atoms in total. The topological polar surface area (TPSA) is 68.0 Å². The number of hydrogen-bond acceptors (Lipinski definition) is 3. The highest BCUT2D eigenvalue weighted by Gasteiger charge is 2.06. The molecule has 0 aliphatic carbocycles. The second-order valence-electron chi connectivity index (χ2n) is 4.14. The normalized spacial score (nSPS) is 10.2. The molecule has 0 saturated heterocycles. The number of anilines is 1. The standard InChI is InChI=1S/C14H14FN3O/c15-12-7-11(8-17-9-12)14(19)18-6-5-10-1-3-13(16)4-2-10/h1-4,7-9H,5-6,16H2,(H,18,19). The van der Waals surface area contributed by atoms with Crippen molar-refractivity contribution >= 4 is 11.6 Å². The smallest absolute Gasteiger partial charge is 0.252 e. The van der Waals surface area contributed by atoms with E-state index in [-0.39, 0.29) is 11.5 Å². The summed E-state index contributed by atoms with van der Waals surface area (Å²) < 4.78 is 12.9. The first kappa shape index (κ1) is 13.0. The maximum absolute atomic E-state index is 12.9. The van der Waals surface area contributed by atoms with Gasteiger partial charge in [-0.25, -0.2) is 4.39 Å². The number of hydrogen-bond donors (Lipinski definition) is 2. The molecule has 1 amide bonds. The Bertz CT molecular complexity index is 569. The van der Waals surface area contributed by atoms with Crippen LogP contribution in [0.3, 0.4) is 0 Å². The Balaban J connectivity index is 1.86. The summed E-state index contributed by atoms with van der Waals surface area (Å²) in [6.07, 6.45) is 3.08. The number of nitrogens with one attached hydrogen (secondary N) is 1. The fourth-order valence-corrected chi connectivity index (χ4v) is 1.64. The lowest BCUT2D eigenvalue weighted by Crippen LogP contribution is -2.25.